The summed E-state index contributed by atoms with van der Waals surface area (Å²) in [4.78, 5) is 47.0. The van der Waals surface area contributed by atoms with Crippen LogP contribution in [0, 0.1) is 0 Å². The molecule has 28 heavy (non-hydrogen) atoms. The average molecular weight is 381 g/mol. The van der Waals surface area contributed by atoms with E-state index in [0.29, 0.717) is 28.4 Å². The lowest BCUT2D eigenvalue weighted by atomic mass is 10.0. The quantitative estimate of drug-likeness (QED) is 0.666. The Labute approximate surface area is 161 Å². The van der Waals surface area contributed by atoms with Crippen molar-refractivity contribution < 1.29 is 23.9 Å². The zero-order valence-corrected chi connectivity index (χ0v) is 15.2. The van der Waals surface area contributed by atoms with E-state index in [4.69, 9.17) is 4.74 Å². The fraction of sp³-hybridized carbons (Fsp3) is 0.200. The molecule has 0 saturated heterocycles. The maximum atomic E-state index is 12.4. The van der Waals surface area contributed by atoms with E-state index >= 15 is 0 Å². The van der Waals surface area contributed by atoms with Crippen LogP contribution in [0.1, 0.15) is 30.1 Å². The van der Waals surface area contributed by atoms with Gasteiger partial charge in [0.15, 0.2) is 12.4 Å². The number of Topliss-reactive ketones (excluding diaryl/α,β-unsaturated/α-hetero) is 1. The van der Waals surface area contributed by atoms with Gasteiger partial charge in [-0.05, 0) is 36.4 Å². The van der Waals surface area contributed by atoms with E-state index in [1.54, 1.807) is 42.5 Å². The summed E-state index contributed by atoms with van der Waals surface area (Å²) in [7, 11) is 0. The van der Waals surface area contributed by atoms with Crippen molar-refractivity contribution in [3.63, 3.8) is 0 Å². The Kier molecular flexibility index (Phi) is 5.69. The molecule has 8 nitrogen and oxygen atoms in total. The van der Waals surface area contributed by atoms with Crippen LogP contribution < -0.4 is 20.7 Å². The second-order valence-electron chi connectivity index (χ2n) is 6.28. The summed E-state index contributed by atoms with van der Waals surface area (Å²) in [5, 5.41) is 7.98. The standard InChI is InChI=1S/C20H19N3O5/c1-12(24)21-14-3-2-4-15(10-14)22-19(26)8-6-17(25)13-5-7-18-16(9-13)23-20(27)11-28-18/h2-5,7,9-10H,6,8,11H2,1H3,(H,21,24)(H,22,26)(H,23,27). The van der Waals surface area contributed by atoms with Crippen LogP contribution >= 0.6 is 0 Å². The van der Waals surface area contributed by atoms with Crippen LogP contribution in [0.2, 0.25) is 0 Å². The number of carbonyl (C=O) groups is 4. The Morgan fingerprint density at radius 1 is 1.04 bits per heavy atom. The summed E-state index contributed by atoms with van der Waals surface area (Å²) in [5.74, 6) is -0.515. The second kappa shape index (κ2) is 8.34. The van der Waals surface area contributed by atoms with Crippen molar-refractivity contribution in [3.05, 3.63) is 48.0 Å². The lowest BCUT2D eigenvalue weighted by Gasteiger charge is -2.18. The van der Waals surface area contributed by atoms with E-state index in [9.17, 15) is 19.2 Å². The maximum Gasteiger partial charge on any atom is 0.262 e. The van der Waals surface area contributed by atoms with Crippen molar-refractivity contribution in [3.8, 4) is 5.75 Å². The molecule has 3 N–H and O–H groups in total. The van der Waals surface area contributed by atoms with Gasteiger partial charge in [0.25, 0.3) is 5.91 Å². The first-order valence-corrected chi connectivity index (χ1v) is 8.68. The highest BCUT2D eigenvalue weighted by molar-refractivity contribution is 6.02. The minimum atomic E-state index is -0.317. The third-order valence-electron chi connectivity index (χ3n) is 3.98. The minimum Gasteiger partial charge on any atom is -0.482 e. The summed E-state index contributed by atoms with van der Waals surface area (Å²) in [6.45, 7) is 1.35. The van der Waals surface area contributed by atoms with Crippen LogP contribution in [-0.2, 0) is 14.4 Å². The molecule has 3 amide bonds. The Balaban J connectivity index is 1.56. The fourth-order valence-corrected chi connectivity index (χ4v) is 2.73. The third-order valence-corrected chi connectivity index (χ3v) is 3.98. The first-order valence-electron chi connectivity index (χ1n) is 8.68. The number of rotatable bonds is 6. The molecule has 0 spiro atoms. The predicted molar refractivity (Wildman–Crippen MR) is 104 cm³/mol. The number of fused-ring (bicyclic) bond motifs is 1. The number of hydrogen-bond donors (Lipinski definition) is 3. The normalized spacial score (nSPS) is 12.2. The van der Waals surface area contributed by atoms with Crippen molar-refractivity contribution in [1.82, 2.24) is 0 Å². The van der Waals surface area contributed by atoms with Crippen molar-refractivity contribution in [2.45, 2.75) is 19.8 Å². The van der Waals surface area contributed by atoms with Crippen LogP contribution in [0.4, 0.5) is 17.1 Å². The molecule has 0 unspecified atom stereocenters. The van der Waals surface area contributed by atoms with E-state index in [2.05, 4.69) is 16.0 Å². The topological polar surface area (TPSA) is 114 Å². The molecule has 3 rings (SSSR count). The zero-order chi connectivity index (χ0) is 20.1. The SMILES string of the molecule is CC(=O)Nc1cccc(NC(=O)CCC(=O)c2ccc3c(c2)NC(=O)CO3)c1. The van der Waals surface area contributed by atoms with Gasteiger partial charge in [0.2, 0.25) is 11.8 Å². The summed E-state index contributed by atoms with van der Waals surface area (Å²) in [5.41, 5.74) is 1.93. The second-order valence-corrected chi connectivity index (χ2v) is 6.28. The van der Waals surface area contributed by atoms with Gasteiger partial charge in [-0.2, -0.15) is 0 Å². The summed E-state index contributed by atoms with van der Waals surface area (Å²) in [6, 6.07) is 11.5. The smallest absolute Gasteiger partial charge is 0.262 e. The van der Waals surface area contributed by atoms with E-state index in [0.717, 1.165) is 0 Å². The van der Waals surface area contributed by atoms with Gasteiger partial charge in [0.1, 0.15) is 5.75 Å². The molecule has 0 atom stereocenters. The monoisotopic (exact) mass is 381 g/mol. The molecule has 1 aliphatic heterocycles. The molecule has 1 aliphatic rings. The van der Waals surface area contributed by atoms with Gasteiger partial charge in [0, 0.05) is 36.7 Å². The van der Waals surface area contributed by atoms with Crippen LogP contribution in [0.3, 0.4) is 0 Å². The molecular formula is C20H19N3O5. The Hall–Kier alpha value is -3.68. The maximum absolute atomic E-state index is 12.4. The Morgan fingerprint density at radius 2 is 1.79 bits per heavy atom. The fourth-order valence-electron chi connectivity index (χ4n) is 2.73. The molecule has 0 bridgehead atoms. The molecule has 0 saturated carbocycles. The third kappa shape index (κ3) is 4.94. The first kappa shape index (κ1) is 19.1. The molecule has 8 heteroatoms. The van der Waals surface area contributed by atoms with Crippen molar-refractivity contribution in [2.24, 2.45) is 0 Å². The van der Waals surface area contributed by atoms with Crippen molar-refractivity contribution >= 4 is 40.6 Å². The summed E-state index contributed by atoms with van der Waals surface area (Å²) in [6.07, 6.45) is 0.0218. The molecule has 0 radical (unpaired) electrons. The number of ketones is 1. The number of hydrogen-bond acceptors (Lipinski definition) is 5. The van der Waals surface area contributed by atoms with E-state index in [-0.39, 0.29) is 43.0 Å². The Morgan fingerprint density at radius 3 is 2.54 bits per heavy atom. The highest BCUT2D eigenvalue weighted by Gasteiger charge is 2.18. The molecule has 0 fully saturated rings. The molecule has 0 aromatic heterocycles. The van der Waals surface area contributed by atoms with Crippen LogP contribution in [0.25, 0.3) is 0 Å². The zero-order valence-electron chi connectivity index (χ0n) is 15.2. The molecular weight excluding hydrogens is 362 g/mol. The minimum absolute atomic E-state index is 0.00312. The van der Waals surface area contributed by atoms with Crippen LogP contribution in [-0.4, -0.2) is 30.1 Å². The number of anilines is 3. The molecule has 2 aromatic rings. The number of carbonyl (C=O) groups excluding carboxylic acids is 4. The number of benzene rings is 2. The lowest BCUT2D eigenvalue weighted by Crippen LogP contribution is -2.25. The van der Waals surface area contributed by atoms with Crippen molar-refractivity contribution in [2.75, 3.05) is 22.6 Å². The van der Waals surface area contributed by atoms with E-state index in [1.807, 2.05) is 0 Å². The molecule has 1 heterocycles. The van der Waals surface area contributed by atoms with Gasteiger partial charge in [0.05, 0.1) is 5.69 Å². The van der Waals surface area contributed by atoms with Crippen LogP contribution in [0.15, 0.2) is 42.5 Å². The average Bonchev–Trinajstić information content (AvgIpc) is 2.65. The highest BCUT2D eigenvalue weighted by Crippen LogP contribution is 2.29. The number of ether oxygens (including phenoxy) is 1. The van der Waals surface area contributed by atoms with Gasteiger partial charge in [-0.15, -0.1) is 0 Å². The summed E-state index contributed by atoms with van der Waals surface area (Å²) < 4.78 is 5.25. The highest BCUT2D eigenvalue weighted by atomic mass is 16.5. The van der Waals surface area contributed by atoms with Crippen molar-refractivity contribution in [1.29, 1.82) is 0 Å². The number of nitrogens with one attached hydrogen (secondary N) is 3. The Bertz CT molecular complexity index is 955. The van der Waals surface area contributed by atoms with E-state index < -0.39 is 0 Å². The van der Waals surface area contributed by atoms with Gasteiger partial charge in [-0.1, -0.05) is 6.07 Å². The van der Waals surface area contributed by atoms with Crippen LogP contribution in [0.5, 0.6) is 5.75 Å². The predicted octanol–water partition coefficient (Wildman–Crippen LogP) is 2.58. The number of amides is 3. The van der Waals surface area contributed by atoms with Gasteiger partial charge < -0.3 is 20.7 Å². The van der Waals surface area contributed by atoms with Gasteiger partial charge >= 0.3 is 0 Å². The van der Waals surface area contributed by atoms with Gasteiger partial charge in [-0.3, -0.25) is 19.2 Å². The van der Waals surface area contributed by atoms with E-state index in [1.165, 1.54) is 6.92 Å². The summed E-state index contributed by atoms with van der Waals surface area (Å²) >= 11 is 0. The largest absolute Gasteiger partial charge is 0.482 e. The molecule has 2 aromatic carbocycles. The molecule has 0 aliphatic carbocycles. The molecule has 144 valence electrons. The lowest BCUT2D eigenvalue weighted by molar-refractivity contribution is -0.118. The first-order chi connectivity index (χ1) is 13.4. The van der Waals surface area contributed by atoms with Gasteiger partial charge in [-0.25, -0.2) is 0 Å².